The van der Waals surface area contributed by atoms with E-state index in [0.717, 1.165) is 41.6 Å². The standard InChI is InChI=1S/C37H46F3N5O3/c1-5-44-22-28(21-42-44)26-8-9-30-27(18-26)17-25(2)45(23-36(3,4)40)35(30)34-31(38)19-29(20-32(34)39)48-24-37(10-11-37)41-12-6-7-33(46)43-13-15-47-16-14-43/h6-9,18-22,25,35,41H,5,10-17,23-24H2,1-4H3/b7-6+/t25-,35+/m1/s1. The van der Waals surface area contributed by atoms with Crippen molar-refractivity contribution >= 4 is 5.91 Å². The number of carbonyl (C=O) groups is 1. The van der Waals surface area contributed by atoms with Gasteiger partial charge in [0.05, 0.1) is 31.0 Å². The van der Waals surface area contributed by atoms with Crippen molar-refractivity contribution in [3.63, 3.8) is 0 Å². The average Bonchev–Trinajstić information content (AvgIpc) is 3.66. The van der Waals surface area contributed by atoms with E-state index in [1.807, 2.05) is 48.0 Å². The fraction of sp³-hybridized carbons (Fsp3) is 0.514. The molecule has 2 aliphatic heterocycles. The van der Waals surface area contributed by atoms with Crippen molar-refractivity contribution in [1.29, 1.82) is 0 Å². The van der Waals surface area contributed by atoms with E-state index in [4.69, 9.17) is 9.47 Å². The van der Waals surface area contributed by atoms with Crippen molar-refractivity contribution in [1.82, 2.24) is 24.9 Å². The Balaban J connectivity index is 1.19. The number of rotatable bonds is 12. The second-order valence-corrected chi connectivity index (χ2v) is 13.9. The van der Waals surface area contributed by atoms with Gasteiger partial charge in [0.15, 0.2) is 0 Å². The summed E-state index contributed by atoms with van der Waals surface area (Å²) >= 11 is 0. The van der Waals surface area contributed by atoms with Gasteiger partial charge in [-0.1, -0.05) is 24.3 Å². The number of benzene rings is 2. The summed E-state index contributed by atoms with van der Waals surface area (Å²) in [6.45, 7) is 10.7. The van der Waals surface area contributed by atoms with Gasteiger partial charge in [-0.2, -0.15) is 5.10 Å². The first kappa shape index (κ1) is 34.2. The molecule has 258 valence electrons. The van der Waals surface area contributed by atoms with E-state index in [-0.39, 0.29) is 42.0 Å². The maximum Gasteiger partial charge on any atom is 0.246 e. The largest absolute Gasteiger partial charge is 0.491 e. The molecule has 6 rings (SSSR count). The number of morpholine rings is 1. The number of aryl methyl sites for hydroxylation is 1. The number of halogens is 3. The third kappa shape index (κ3) is 7.79. The van der Waals surface area contributed by atoms with Crippen molar-refractivity contribution in [3.05, 3.63) is 83.2 Å². The zero-order valence-corrected chi connectivity index (χ0v) is 28.3. The second-order valence-electron chi connectivity index (χ2n) is 13.9. The molecule has 0 spiro atoms. The van der Waals surface area contributed by atoms with Crippen molar-refractivity contribution in [2.75, 3.05) is 46.0 Å². The number of amides is 1. The highest BCUT2D eigenvalue weighted by Crippen LogP contribution is 2.43. The van der Waals surface area contributed by atoms with Crippen molar-refractivity contribution in [2.45, 2.75) is 76.8 Å². The zero-order valence-electron chi connectivity index (χ0n) is 28.3. The molecule has 1 saturated heterocycles. The monoisotopic (exact) mass is 665 g/mol. The van der Waals surface area contributed by atoms with E-state index in [1.165, 1.54) is 26.0 Å². The van der Waals surface area contributed by atoms with Crippen LogP contribution in [0.1, 0.15) is 63.3 Å². The molecule has 1 aliphatic carbocycles. The third-order valence-corrected chi connectivity index (χ3v) is 9.57. The number of nitrogens with zero attached hydrogens (tertiary/aromatic N) is 4. The molecule has 3 heterocycles. The van der Waals surface area contributed by atoms with Gasteiger partial charge in [0.2, 0.25) is 5.91 Å². The topological polar surface area (TPSA) is 71.9 Å². The molecule has 1 aromatic heterocycles. The van der Waals surface area contributed by atoms with Crippen LogP contribution >= 0.6 is 0 Å². The highest BCUT2D eigenvalue weighted by Gasteiger charge is 2.43. The summed E-state index contributed by atoms with van der Waals surface area (Å²) in [7, 11) is 0. The summed E-state index contributed by atoms with van der Waals surface area (Å²) < 4.78 is 60.5. The molecule has 3 aliphatic rings. The van der Waals surface area contributed by atoms with Gasteiger partial charge in [0.25, 0.3) is 0 Å². The number of carbonyl (C=O) groups excluding carboxylic acids is 1. The van der Waals surface area contributed by atoms with Crippen LogP contribution in [0, 0.1) is 11.6 Å². The lowest BCUT2D eigenvalue weighted by Gasteiger charge is -2.44. The van der Waals surface area contributed by atoms with E-state index >= 15 is 13.2 Å². The number of alkyl halides is 1. The van der Waals surface area contributed by atoms with Crippen LogP contribution in [0.5, 0.6) is 5.75 Å². The van der Waals surface area contributed by atoms with Crippen molar-refractivity contribution < 1.29 is 27.4 Å². The third-order valence-electron chi connectivity index (χ3n) is 9.57. The predicted octanol–water partition coefficient (Wildman–Crippen LogP) is 5.85. The van der Waals surface area contributed by atoms with E-state index in [0.29, 0.717) is 39.3 Å². The van der Waals surface area contributed by atoms with Gasteiger partial charge in [-0.25, -0.2) is 13.2 Å². The molecule has 48 heavy (non-hydrogen) atoms. The van der Waals surface area contributed by atoms with Crippen LogP contribution in [0.15, 0.2) is 54.9 Å². The summed E-state index contributed by atoms with van der Waals surface area (Å²) in [5.41, 5.74) is 1.68. The molecule has 11 heteroatoms. The fourth-order valence-electron chi connectivity index (χ4n) is 6.76. The molecule has 2 fully saturated rings. The number of fused-ring (bicyclic) bond motifs is 1. The molecule has 2 atom stereocenters. The molecule has 2 aromatic carbocycles. The molecule has 8 nitrogen and oxygen atoms in total. The Kier molecular flexibility index (Phi) is 10.0. The smallest absolute Gasteiger partial charge is 0.246 e. The summed E-state index contributed by atoms with van der Waals surface area (Å²) in [6, 6.07) is 7.42. The van der Waals surface area contributed by atoms with E-state index in [9.17, 15) is 4.79 Å². The van der Waals surface area contributed by atoms with Crippen LogP contribution in [0.3, 0.4) is 0 Å². The zero-order chi connectivity index (χ0) is 34.1. The number of aromatic nitrogens is 2. The first-order valence-corrected chi connectivity index (χ1v) is 17.0. The fourth-order valence-corrected chi connectivity index (χ4v) is 6.76. The number of ether oxygens (including phenoxy) is 2. The average molecular weight is 666 g/mol. The molecule has 0 radical (unpaired) electrons. The molecular formula is C37H46F3N5O3. The predicted molar refractivity (Wildman–Crippen MR) is 179 cm³/mol. The Labute approximate surface area is 280 Å². The number of hydrogen-bond donors (Lipinski definition) is 1. The lowest BCUT2D eigenvalue weighted by molar-refractivity contribution is -0.129. The number of hydrogen-bond acceptors (Lipinski definition) is 6. The summed E-state index contributed by atoms with van der Waals surface area (Å²) in [4.78, 5) is 16.0. The lowest BCUT2D eigenvalue weighted by atomic mass is 9.82. The van der Waals surface area contributed by atoms with E-state index < -0.39 is 23.3 Å². The maximum absolute atomic E-state index is 16.1. The molecule has 1 N–H and O–H groups in total. The van der Waals surface area contributed by atoms with Gasteiger partial charge in [-0.05, 0) is 63.6 Å². The quantitative estimate of drug-likeness (QED) is 0.245. The van der Waals surface area contributed by atoms with Gasteiger partial charge < -0.3 is 19.7 Å². The van der Waals surface area contributed by atoms with Crippen LogP contribution in [0.2, 0.25) is 0 Å². The van der Waals surface area contributed by atoms with Crippen LogP contribution < -0.4 is 10.1 Å². The highest BCUT2D eigenvalue weighted by molar-refractivity contribution is 5.87. The first-order valence-electron chi connectivity index (χ1n) is 17.0. The molecule has 0 unspecified atom stereocenters. The highest BCUT2D eigenvalue weighted by atomic mass is 19.1. The molecule has 0 bridgehead atoms. The van der Waals surface area contributed by atoms with Gasteiger partial charge in [-0.15, -0.1) is 0 Å². The Bertz CT molecular complexity index is 1620. The minimum atomic E-state index is -1.58. The molecular weight excluding hydrogens is 619 g/mol. The van der Waals surface area contributed by atoms with E-state index in [2.05, 4.69) is 16.5 Å². The van der Waals surface area contributed by atoms with Gasteiger partial charge >= 0.3 is 0 Å². The van der Waals surface area contributed by atoms with E-state index in [1.54, 1.807) is 17.1 Å². The van der Waals surface area contributed by atoms with Crippen LogP contribution in [0.25, 0.3) is 11.1 Å². The Morgan fingerprint density at radius 2 is 1.88 bits per heavy atom. The first-order chi connectivity index (χ1) is 22.9. The number of nitrogens with one attached hydrogen (secondary N) is 1. The summed E-state index contributed by atoms with van der Waals surface area (Å²) in [5, 5.41) is 7.80. The second kappa shape index (κ2) is 14.1. The van der Waals surface area contributed by atoms with Gasteiger partial charge in [0, 0.05) is 74.3 Å². The SMILES string of the molecule is CCn1cc(-c2ccc3c(c2)C[C@@H](C)N(CC(C)(C)F)[C@@H]3c2c(F)cc(OCC3(NC/C=C/C(=O)N4CCOCC4)CC3)cc2F)cn1. The molecule has 1 saturated carbocycles. The van der Waals surface area contributed by atoms with Gasteiger partial charge in [-0.3, -0.25) is 14.4 Å². The van der Waals surface area contributed by atoms with Crippen LogP contribution in [-0.2, 0) is 22.5 Å². The van der Waals surface area contributed by atoms with Crippen molar-refractivity contribution in [3.8, 4) is 16.9 Å². The summed E-state index contributed by atoms with van der Waals surface area (Å²) in [5.74, 6) is -1.40. The maximum atomic E-state index is 16.1. The molecule has 1 amide bonds. The van der Waals surface area contributed by atoms with Crippen LogP contribution in [0.4, 0.5) is 13.2 Å². The summed E-state index contributed by atoms with van der Waals surface area (Å²) in [6.07, 6.45) is 9.48. The van der Waals surface area contributed by atoms with Crippen LogP contribution in [-0.4, -0.2) is 88.7 Å². The van der Waals surface area contributed by atoms with Gasteiger partial charge in [0.1, 0.15) is 29.7 Å². The Hall–Kier alpha value is -3.67. The molecule has 3 aromatic rings. The Morgan fingerprint density at radius 1 is 1.15 bits per heavy atom. The Morgan fingerprint density at radius 3 is 2.52 bits per heavy atom. The normalized spacial score (nSPS) is 21.0. The minimum Gasteiger partial charge on any atom is -0.491 e. The minimum absolute atomic E-state index is 0.0150. The van der Waals surface area contributed by atoms with Crippen molar-refractivity contribution in [2.24, 2.45) is 0 Å². The lowest BCUT2D eigenvalue weighted by Crippen LogP contribution is -2.48.